The lowest BCUT2D eigenvalue weighted by Crippen LogP contribution is -2.15. The molecule has 1 N–H and O–H groups in total. The van der Waals surface area contributed by atoms with Crippen LogP contribution in [0.25, 0.3) is 0 Å². The van der Waals surface area contributed by atoms with Crippen molar-refractivity contribution in [2.45, 2.75) is 12.3 Å². The summed E-state index contributed by atoms with van der Waals surface area (Å²) >= 11 is 9.09. The van der Waals surface area contributed by atoms with Crippen LogP contribution < -0.4 is 0 Å². The van der Waals surface area contributed by atoms with Crippen molar-refractivity contribution in [2.75, 3.05) is 0 Å². The summed E-state index contributed by atoms with van der Waals surface area (Å²) in [5.41, 5.74) is 1.46. The van der Waals surface area contributed by atoms with Gasteiger partial charge in [0.15, 0.2) is 0 Å². The number of benzene rings is 1. The van der Waals surface area contributed by atoms with E-state index in [2.05, 4.69) is 20.9 Å². The first-order valence-electron chi connectivity index (χ1n) is 5.65. The fraction of sp³-hybridized carbons (Fsp3) is 0.143. The molecule has 1 atom stereocenters. The standard InChI is InChI=1S/C14H11BrClNO2/c15-10-3-6-13(17-8-10)12(14(18)19)7-9-1-4-11(16)5-2-9/h1-6,8,12H,7H2,(H,18,19). The van der Waals surface area contributed by atoms with Gasteiger partial charge in [0.2, 0.25) is 0 Å². The van der Waals surface area contributed by atoms with E-state index < -0.39 is 11.9 Å². The smallest absolute Gasteiger partial charge is 0.312 e. The fourth-order valence-corrected chi connectivity index (χ4v) is 2.13. The number of aliphatic carboxylic acids is 1. The van der Waals surface area contributed by atoms with E-state index in [1.807, 2.05) is 12.1 Å². The third-order valence-corrected chi connectivity index (χ3v) is 3.48. The number of nitrogens with zero attached hydrogens (tertiary/aromatic N) is 1. The molecule has 3 nitrogen and oxygen atoms in total. The summed E-state index contributed by atoms with van der Waals surface area (Å²) in [6.45, 7) is 0. The van der Waals surface area contributed by atoms with Crippen molar-refractivity contribution >= 4 is 33.5 Å². The lowest BCUT2D eigenvalue weighted by atomic mass is 9.96. The molecule has 1 aromatic carbocycles. The number of carboxylic acids is 1. The van der Waals surface area contributed by atoms with Gasteiger partial charge >= 0.3 is 5.97 Å². The molecule has 0 amide bonds. The van der Waals surface area contributed by atoms with Crippen molar-refractivity contribution < 1.29 is 9.90 Å². The summed E-state index contributed by atoms with van der Waals surface area (Å²) in [6, 6.07) is 10.7. The molecule has 0 aliphatic heterocycles. The SMILES string of the molecule is O=C(O)C(Cc1ccc(Cl)cc1)c1ccc(Br)cn1. The molecule has 0 fully saturated rings. The van der Waals surface area contributed by atoms with Gasteiger partial charge in [0.05, 0.1) is 5.69 Å². The van der Waals surface area contributed by atoms with E-state index in [1.54, 1.807) is 30.5 Å². The van der Waals surface area contributed by atoms with E-state index in [-0.39, 0.29) is 0 Å². The number of aromatic nitrogens is 1. The highest BCUT2D eigenvalue weighted by molar-refractivity contribution is 9.10. The summed E-state index contributed by atoms with van der Waals surface area (Å²) in [5.74, 6) is -1.54. The van der Waals surface area contributed by atoms with Gasteiger partial charge in [-0.1, -0.05) is 23.7 Å². The third kappa shape index (κ3) is 3.78. The Balaban J connectivity index is 2.23. The van der Waals surface area contributed by atoms with Gasteiger partial charge in [-0.15, -0.1) is 0 Å². The van der Waals surface area contributed by atoms with Crippen molar-refractivity contribution in [3.63, 3.8) is 0 Å². The van der Waals surface area contributed by atoms with Gasteiger partial charge in [0, 0.05) is 15.7 Å². The molecule has 5 heteroatoms. The first kappa shape index (κ1) is 14.0. The molecule has 0 radical (unpaired) electrons. The highest BCUT2D eigenvalue weighted by Crippen LogP contribution is 2.22. The average Bonchev–Trinajstić information content (AvgIpc) is 2.39. The van der Waals surface area contributed by atoms with Crippen molar-refractivity contribution in [2.24, 2.45) is 0 Å². The zero-order valence-corrected chi connectivity index (χ0v) is 12.2. The Hall–Kier alpha value is -1.39. The Labute approximate surface area is 124 Å². The van der Waals surface area contributed by atoms with E-state index >= 15 is 0 Å². The van der Waals surface area contributed by atoms with Gasteiger partial charge in [0.25, 0.3) is 0 Å². The van der Waals surface area contributed by atoms with Gasteiger partial charge in [-0.2, -0.15) is 0 Å². The zero-order valence-electron chi connectivity index (χ0n) is 9.88. The van der Waals surface area contributed by atoms with Crippen molar-refractivity contribution in [3.8, 4) is 0 Å². The minimum absolute atomic E-state index is 0.390. The van der Waals surface area contributed by atoms with Crippen LogP contribution >= 0.6 is 27.5 Å². The van der Waals surface area contributed by atoms with Crippen molar-refractivity contribution in [1.29, 1.82) is 0 Å². The van der Waals surface area contributed by atoms with Crippen LogP contribution in [0, 0.1) is 0 Å². The average molecular weight is 341 g/mol. The van der Waals surface area contributed by atoms with Crippen LogP contribution in [0.5, 0.6) is 0 Å². The van der Waals surface area contributed by atoms with E-state index in [4.69, 9.17) is 11.6 Å². The maximum atomic E-state index is 11.4. The molecule has 0 aliphatic rings. The Morgan fingerprint density at radius 1 is 1.26 bits per heavy atom. The lowest BCUT2D eigenvalue weighted by Gasteiger charge is -2.12. The molecular formula is C14H11BrClNO2. The second kappa shape index (κ2) is 6.17. The molecule has 19 heavy (non-hydrogen) atoms. The van der Waals surface area contributed by atoms with Crippen LogP contribution in [0.4, 0.5) is 0 Å². The number of carboxylic acid groups (broad SMARTS) is 1. The Morgan fingerprint density at radius 3 is 2.47 bits per heavy atom. The first-order chi connectivity index (χ1) is 9.06. The summed E-state index contributed by atoms with van der Waals surface area (Å²) in [6.07, 6.45) is 1.99. The topological polar surface area (TPSA) is 50.2 Å². The number of pyridine rings is 1. The molecule has 98 valence electrons. The summed E-state index contributed by atoms with van der Waals surface area (Å²) in [7, 11) is 0. The summed E-state index contributed by atoms with van der Waals surface area (Å²) in [5, 5.41) is 9.97. The van der Waals surface area contributed by atoms with Crippen molar-refractivity contribution in [1.82, 2.24) is 4.98 Å². The zero-order chi connectivity index (χ0) is 13.8. The second-order valence-electron chi connectivity index (χ2n) is 4.12. The maximum absolute atomic E-state index is 11.4. The number of hydrogen-bond acceptors (Lipinski definition) is 2. The number of halogens is 2. The van der Waals surface area contributed by atoms with E-state index in [9.17, 15) is 9.90 Å². The monoisotopic (exact) mass is 339 g/mol. The van der Waals surface area contributed by atoms with Crippen molar-refractivity contribution in [3.05, 3.63) is 63.3 Å². The normalized spacial score (nSPS) is 12.1. The van der Waals surface area contributed by atoms with Crippen LogP contribution in [-0.4, -0.2) is 16.1 Å². The first-order valence-corrected chi connectivity index (χ1v) is 6.82. The quantitative estimate of drug-likeness (QED) is 0.918. The highest BCUT2D eigenvalue weighted by atomic mass is 79.9. The van der Waals surface area contributed by atoms with E-state index in [1.165, 1.54) is 0 Å². The molecule has 0 spiro atoms. The molecule has 0 aliphatic carbocycles. The Kier molecular flexibility index (Phi) is 4.56. The third-order valence-electron chi connectivity index (χ3n) is 2.76. The molecule has 0 bridgehead atoms. The molecule has 2 aromatic rings. The van der Waals surface area contributed by atoms with Gasteiger partial charge < -0.3 is 5.11 Å². The molecule has 2 rings (SSSR count). The minimum atomic E-state index is -0.884. The van der Waals surface area contributed by atoms with E-state index in [0.717, 1.165) is 10.0 Å². The fourth-order valence-electron chi connectivity index (χ4n) is 1.77. The van der Waals surface area contributed by atoms with Gasteiger partial charge in [-0.3, -0.25) is 9.78 Å². The second-order valence-corrected chi connectivity index (χ2v) is 5.47. The van der Waals surface area contributed by atoms with Crippen LogP contribution in [0.15, 0.2) is 47.1 Å². The Morgan fingerprint density at radius 2 is 1.95 bits per heavy atom. The molecule has 1 heterocycles. The van der Waals surface area contributed by atoms with Gasteiger partial charge in [0.1, 0.15) is 5.92 Å². The summed E-state index contributed by atoms with van der Waals surface area (Å²) < 4.78 is 0.826. The predicted octanol–water partition coefficient (Wildman–Crippen LogP) is 3.91. The largest absolute Gasteiger partial charge is 0.481 e. The lowest BCUT2D eigenvalue weighted by molar-refractivity contribution is -0.138. The summed E-state index contributed by atoms with van der Waals surface area (Å²) in [4.78, 5) is 15.5. The predicted molar refractivity (Wildman–Crippen MR) is 77.5 cm³/mol. The molecular weight excluding hydrogens is 330 g/mol. The van der Waals surface area contributed by atoms with Crippen LogP contribution in [0.2, 0.25) is 5.02 Å². The van der Waals surface area contributed by atoms with Crippen LogP contribution in [0.1, 0.15) is 17.2 Å². The number of carbonyl (C=O) groups is 1. The van der Waals surface area contributed by atoms with E-state index in [0.29, 0.717) is 17.1 Å². The Bertz CT molecular complexity index is 569. The molecule has 1 unspecified atom stereocenters. The number of hydrogen-bond donors (Lipinski definition) is 1. The van der Waals surface area contributed by atoms with Gasteiger partial charge in [-0.05, 0) is 52.2 Å². The minimum Gasteiger partial charge on any atom is -0.481 e. The molecule has 1 aromatic heterocycles. The molecule has 0 saturated carbocycles. The highest BCUT2D eigenvalue weighted by Gasteiger charge is 2.21. The maximum Gasteiger partial charge on any atom is 0.312 e. The van der Waals surface area contributed by atoms with Gasteiger partial charge in [-0.25, -0.2) is 0 Å². The van der Waals surface area contributed by atoms with Crippen LogP contribution in [0.3, 0.4) is 0 Å². The van der Waals surface area contributed by atoms with Crippen LogP contribution in [-0.2, 0) is 11.2 Å². The number of rotatable bonds is 4. The molecule has 0 saturated heterocycles.